The average molecular weight is 599 g/mol. The lowest BCUT2D eigenvalue weighted by molar-refractivity contribution is -0.147. The summed E-state index contributed by atoms with van der Waals surface area (Å²) in [4.78, 5) is 16.5. The van der Waals surface area contributed by atoms with Gasteiger partial charge < -0.3 is 23.8 Å². The van der Waals surface area contributed by atoms with Crippen LogP contribution in [-0.2, 0) is 15.9 Å². The Morgan fingerprint density at radius 1 is 1.16 bits per heavy atom. The Bertz CT molecular complexity index is 1340. The van der Waals surface area contributed by atoms with Crippen molar-refractivity contribution in [3.8, 4) is 11.5 Å². The molecular weight excluding hydrogens is 554 g/mol. The topological polar surface area (TPSA) is 60.5 Å². The first-order valence-electron chi connectivity index (χ1n) is 15.2. The molecular formula is C34H44F2N2O5. The number of carbonyl (C=O) groups is 1. The highest BCUT2D eigenvalue weighted by Gasteiger charge is 2.47. The number of nitrogens with zero attached hydrogens (tertiary/aromatic N) is 2. The van der Waals surface area contributed by atoms with Crippen molar-refractivity contribution in [1.29, 1.82) is 0 Å². The van der Waals surface area contributed by atoms with Gasteiger partial charge in [0.15, 0.2) is 5.67 Å². The fourth-order valence-corrected chi connectivity index (χ4v) is 6.34. The van der Waals surface area contributed by atoms with E-state index in [9.17, 15) is 9.18 Å². The lowest BCUT2D eigenvalue weighted by Gasteiger charge is -2.47. The molecule has 5 rings (SSSR count). The van der Waals surface area contributed by atoms with Crippen molar-refractivity contribution in [1.82, 2.24) is 9.80 Å². The molecule has 2 heterocycles. The molecule has 2 aromatic carbocycles. The maximum atomic E-state index is 15.6. The molecule has 0 N–H and O–H groups in total. The van der Waals surface area contributed by atoms with Crippen LogP contribution in [0.15, 0.2) is 48.0 Å². The van der Waals surface area contributed by atoms with Crippen molar-refractivity contribution in [3.05, 3.63) is 64.7 Å². The molecule has 3 aliphatic rings. The number of halogens is 2. The Balaban J connectivity index is 1.42. The van der Waals surface area contributed by atoms with Crippen LogP contribution in [-0.4, -0.2) is 86.4 Å². The molecule has 0 spiro atoms. The van der Waals surface area contributed by atoms with E-state index in [1.807, 2.05) is 18.2 Å². The molecule has 43 heavy (non-hydrogen) atoms. The van der Waals surface area contributed by atoms with Crippen LogP contribution in [0.3, 0.4) is 0 Å². The van der Waals surface area contributed by atoms with Crippen molar-refractivity contribution in [2.45, 2.75) is 70.3 Å². The summed E-state index contributed by atoms with van der Waals surface area (Å²) in [7, 11) is 1.65. The van der Waals surface area contributed by atoms with Crippen LogP contribution in [0, 0.1) is 0 Å². The van der Waals surface area contributed by atoms with E-state index in [4.69, 9.17) is 18.9 Å². The Labute approximate surface area is 253 Å². The van der Waals surface area contributed by atoms with Crippen molar-refractivity contribution in [2.24, 2.45) is 0 Å². The van der Waals surface area contributed by atoms with Crippen LogP contribution in [0.25, 0.3) is 5.57 Å². The van der Waals surface area contributed by atoms with Gasteiger partial charge in [0.05, 0.1) is 39.6 Å². The van der Waals surface area contributed by atoms with Crippen LogP contribution in [0.5, 0.6) is 11.5 Å². The number of benzene rings is 2. The van der Waals surface area contributed by atoms with Crippen LogP contribution >= 0.6 is 0 Å². The third kappa shape index (κ3) is 6.99. The van der Waals surface area contributed by atoms with E-state index in [2.05, 4.69) is 36.1 Å². The molecule has 9 heteroatoms. The Hall–Kier alpha value is -3.17. The third-order valence-electron chi connectivity index (χ3n) is 8.36. The zero-order valence-corrected chi connectivity index (χ0v) is 26.0. The van der Waals surface area contributed by atoms with Gasteiger partial charge in [0, 0.05) is 24.7 Å². The summed E-state index contributed by atoms with van der Waals surface area (Å²) in [5.41, 5.74) is 4.03. The highest BCUT2D eigenvalue weighted by Crippen LogP contribution is 2.51. The number of alkyl halides is 2. The quantitative estimate of drug-likeness (QED) is 0.292. The first kappa shape index (κ1) is 31.3. The lowest BCUT2D eigenvalue weighted by atomic mass is 9.83. The predicted molar refractivity (Wildman–Crippen MR) is 162 cm³/mol. The minimum Gasteiger partial charge on any atom is -0.496 e. The van der Waals surface area contributed by atoms with Crippen LogP contribution < -0.4 is 9.47 Å². The maximum Gasteiger partial charge on any atom is 0.410 e. The van der Waals surface area contributed by atoms with Crippen LogP contribution in [0.1, 0.15) is 63.3 Å². The number of amides is 1. The van der Waals surface area contributed by atoms with Crippen molar-refractivity contribution in [2.75, 3.05) is 53.2 Å². The molecule has 0 saturated carbocycles. The van der Waals surface area contributed by atoms with E-state index in [1.54, 1.807) is 27.9 Å². The van der Waals surface area contributed by atoms with Gasteiger partial charge in [-0.3, -0.25) is 9.29 Å². The second kappa shape index (κ2) is 12.8. The molecule has 2 aromatic rings. The number of carbonyl (C=O) groups excluding carboxylic acids is 1. The summed E-state index contributed by atoms with van der Waals surface area (Å²) in [5, 5.41) is 0. The minimum atomic E-state index is -1.39. The summed E-state index contributed by atoms with van der Waals surface area (Å²) >= 11 is 0. The molecule has 1 aliphatic carbocycles. The summed E-state index contributed by atoms with van der Waals surface area (Å²) in [6, 6.07) is 14.1. The number of rotatable bonds is 11. The van der Waals surface area contributed by atoms with Gasteiger partial charge in [0.25, 0.3) is 0 Å². The van der Waals surface area contributed by atoms with Crippen molar-refractivity contribution < 1.29 is 32.5 Å². The van der Waals surface area contributed by atoms with Gasteiger partial charge in [-0.15, -0.1) is 0 Å². The second-order valence-electron chi connectivity index (χ2n) is 12.9. The minimum absolute atomic E-state index is 0.0929. The SMILES string of the molecule is COc1ccc(OCCN(CCCF)C(=O)OC(C)(C)C)cc1[C@@H]1C2=C(C[C@@H](C)N1CC1(F)COC1)c1ccccc1C2. The van der Waals surface area contributed by atoms with Crippen LogP contribution in [0.4, 0.5) is 13.6 Å². The Morgan fingerprint density at radius 3 is 2.60 bits per heavy atom. The lowest BCUT2D eigenvalue weighted by Crippen LogP contribution is -2.57. The molecule has 234 valence electrons. The van der Waals surface area contributed by atoms with E-state index in [0.717, 1.165) is 18.4 Å². The standard InChI is InChI=1S/C34H44F2N2O5/c1-23-17-27-26-10-7-6-9-24(26)18-28(27)31(38(23)20-34(36)21-41-22-34)29-19-25(11-12-30(29)40-5)42-16-15-37(14-8-13-35)32(39)43-33(2,3)4/h6-7,9-12,19,23,31H,8,13-18,20-22H2,1-5H3/t23-,31+/m1/s1. The summed E-state index contributed by atoms with van der Waals surface area (Å²) in [6.45, 7) is 8.20. The Kier molecular flexibility index (Phi) is 9.32. The molecule has 2 atom stereocenters. The van der Waals surface area contributed by atoms with Crippen molar-refractivity contribution >= 4 is 11.7 Å². The smallest absolute Gasteiger partial charge is 0.410 e. The summed E-state index contributed by atoms with van der Waals surface area (Å²) < 4.78 is 51.4. The van der Waals surface area contributed by atoms with E-state index >= 15 is 4.39 Å². The first-order valence-corrected chi connectivity index (χ1v) is 15.2. The largest absolute Gasteiger partial charge is 0.496 e. The monoisotopic (exact) mass is 598 g/mol. The van der Waals surface area contributed by atoms with Gasteiger partial charge >= 0.3 is 6.09 Å². The summed E-state index contributed by atoms with van der Waals surface area (Å²) in [5.74, 6) is 1.32. The van der Waals surface area contributed by atoms with Gasteiger partial charge in [-0.25, -0.2) is 9.18 Å². The molecule has 0 radical (unpaired) electrons. The first-order chi connectivity index (χ1) is 20.5. The highest BCUT2D eigenvalue weighted by atomic mass is 19.1. The van der Waals surface area contributed by atoms with Crippen molar-refractivity contribution in [3.63, 3.8) is 0 Å². The average Bonchev–Trinajstić information content (AvgIpc) is 3.31. The van der Waals surface area contributed by atoms with E-state index in [0.29, 0.717) is 11.5 Å². The fraction of sp³-hybridized carbons (Fsp3) is 0.559. The zero-order valence-electron chi connectivity index (χ0n) is 26.0. The van der Waals surface area contributed by atoms with Gasteiger partial charge in [-0.05, 0) is 87.4 Å². The molecule has 0 aromatic heterocycles. The molecule has 1 fully saturated rings. The number of methoxy groups -OCH3 is 1. The van der Waals surface area contributed by atoms with Gasteiger partial charge in [-0.2, -0.15) is 0 Å². The number of fused-ring (bicyclic) bond motifs is 2. The van der Waals surface area contributed by atoms with Gasteiger partial charge in [-0.1, -0.05) is 24.3 Å². The van der Waals surface area contributed by atoms with Gasteiger partial charge in [0.2, 0.25) is 0 Å². The highest BCUT2D eigenvalue weighted by molar-refractivity contribution is 5.79. The Morgan fingerprint density at radius 2 is 1.93 bits per heavy atom. The van der Waals surface area contributed by atoms with E-state index in [-0.39, 0.29) is 58.0 Å². The number of hydrogen-bond donors (Lipinski definition) is 0. The molecule has 0 unspecified atom stereocenters. The van der Waals surface area contributed by atoms with Gasteiger partial charge in [0.1, 0.15) is 23.7 Å². The second-order valence-corrected chi connectivity index (χ2v) is 12.9. The predicted octanol–water partition coefficient (Wildman–Crippen LogP) is 6.55. The number of hydrogen-bond acceptors (Lipinski definition) is 6. The van der Waals surface area contributed by atoms with E-state index < -0.39 is 24.0 Å². The third-order valence-corrected chi connectivity index (χ3v) is 8.36. The normalized spacial score (nSPS) is 21.1. The molecule has 0 bridgehead atoms. The molecule has 1 saturated heterocycles. The summed E-state index contributed by atoms with van der Waals surface area (Å²) in [6.07, 6.45) is 1.37. The fourth-order valence-electron chi connectivity index (χ4n) is 6.34. The molecule has 7 nitrogen and oxygen atoms in total. The zero-order chi connectivity index (χ0) is 30.8. The molecule has 2 aliphatic heterocycles. The number of ether oxygens (including phenoxy) is 4. The van der Waals surface area contributed by atoms with E-state index in [1.165, 1.54) is 27.2 Å². The molecule has 1 amide bonds. The van der Waals surface area contributed by atoms with Crippen LogP contribution in [0.2, 0.25) is 0 Å². The maximum absolute atomic E-state index is 15.6.